The van der Waals surface area contributed by atoms with Crippen molar-refractivity contribution in [2.24, 2.45) is 5.41 Å². The van der Waals surface area contributed by atoms with Crippen molar-refractivity contribution in [3.63, 3.8) is 0 Å². The summed E-state index contributed by atoms with van der Waals surface area (Å²) in [4.78, 5) is 23.6. The third kappa shape index (κ3) is 8.95. The van der Waals surface area contributed by atoms with Gasteiger partial charge < -0.3 is 5.11 Å². The van der Waals surface area contributed by atoms with Crippen LogP contribution >= 0.6 is 0 Å². The van der Waals surface area contributed by atoms with E-state index in [0.717, 1.165) is 0 Å². The van der Waals surface area contributed by atoms with Gasteiger partial charge in [0, 0.05) is 5.69 Å². The molecule has 0 bridgehead atoms. The van der Waals surface area contributed by atoms with Crippen molar-refractivity contribution in [3.8, 4) is 0 Å². The number of pyridine rings is 1. The fraction of sp³-hybridized carbons (Fsp3) is 0.429. The first-order valence-corrected chi connectivity index (χ1v) is 11.0. The molecule has 8 heteroatoms. The van der Waals surface area contributed by atoms with Gasteiger partial charge in [-0.25, -0.2) is 17.8 Å². The molecule has 2 rings (SSSR count). The van der Waals surface area contributed by atoms with E-state index < -0.39 is 21.7 Å². The van der Waals surface area contributed by atoms with Crippen LogP contribution in [0.1, 0.15) is 52.3 Å². The molecule has 2 N–H and O–H groups in total. The molecule has 0 aliphatic carbocycles. The molecule has 1 aromatic carbocycles. The highest BCUT2D eigenvalue weighted by Gasteiger charge is 2.18. The molecule has 0 aliphatic rings. The van der Waals surface area contributed by atoms with Crippen LogP contribution in [-0.4, -0.2) is 24.2 Å². The van der Waals surface area contributed by atoms with Gasteiger partial charge in [0.05, 0.1) is 5.75 Å². The Morgan fingerprint density at radius 1 is 1.07 bits per heavy atom. The molecule has 0 saturated heterocycles. The van der Waals surface area contributed by atoms with Crippen LogP contribution in [0.4, 0.5) is 10.5 Å². The van der Waals surface area contributed by atoms with Crippen LogP contribution in [0.15, 0.2) is 47.3 Å². The number of carboxylic acid groups (broad SMARTS) is 1. The van der Waals surface area contributed by atoms with Gasteiger partial charge in [-0.2, -0.15) is 0 Å². The summed E-state index contributed by atoms with van der Waals surface area (Å²) in [6.45, 7) is 10.6. The number of anilines is 1. The number of sulfonamides is 1. The minimum atomic E-state index is -3.83. The van der Waals surface area contributed by atoms with E-state index >= 15 is 0 Å². The van der Waals surface area contributed by atoms with Gasteiger partial charge in [0.25, 0.3) is 5.56 Å². The first-order chi connectivity index (χ1) is 13.3. The van der Waals surface area contributed by atoms with Gasteiger partial charge in [0.1, 0.15) is 5.69 Å². The van der Waals surface area contributed by atoms with Crippen molar-refractivity contribution in [3.05, 3.63) is 64.1 Å². The average Bonchev–Trinajstić information content (AvgIpc) is 2.56. The Balaban J connectivity index is 0.000000749. The zero-order valence-electron chi connectivity index (χ0n) is 17.6. The number of rotatable bonds is 6. The molecule has 1 heterocycles. The molecule has 0 amide bonds. The van der Waals surface area contributed by atoms with Crippen molar-refractivity contribution in [2.45, 2.75) is 53.2 Å². The van der Waals surface area contributed by atoms with Gasteiger partial charge in [-0.3, -0.25) is 9.52 Å². The molecule has 7 nitrogen and oxygen atoms in total. The lowest BCUT2D eigenvalue weighted by molar-refractivity contribution is 0.194. The van der Waals surface area contributed by atoms with E-state index in [1.165, 1.54) is 12.1 Å². The molecule has 0 fully saturated rings. The molecular formula is C21H30N2O5S. The molecule has 1 aromatic heterocycles. The zero-order chi connectivity index (χ0) is 22.2. The Bertz CT molecular complexity index is 968. The topological polar surface area (TPSA) is 105 Å². The van der Waals surface area contributed by atoms with Gasteiger partial charge in [-0.15, -0.1) is 0 Å². The molecule has 0 atom stereocenters. The van der Waals surface area contributed by atoms with Crippen molar-refractivity contribution in [2.75, 3.05) is 4.72 Å². The second kappa shape index (κ2) is 10.2. The summed E-state index contributed by atoms with van der Waals surface area (Å²) in [7, 11) is -3.83. The Labute approximate surface area is 172 Å². The van der Waals surface area contributed by atoms with Crippen LogP contribution in [0.25, 0.3) is 0 Å². The number of hydrogen-bond acceptors (Lipinski definition) is 4. The van der Waals surface area contributed by atoms with Crippen LogP contribution in [-0.2, 0) is 22.2 Å². The predicted octanol–water partition coefficient (Wildman–Crippen LogP) is 4.32. The van der Waals surface area contributed by atoms with E-state index in [1.54, 1.807) is 30.3 Å². The fourth-order valence-corrected chi connectivity index (χ4v) is 3.51. The summed E-state index contributed by atoms with van der Waals surface area (Å²) in [5.74, 6) is -0.308. The monoisotopic (exact) mass is 422 g/mol. The van der Waals surface area contributed by atoms with Crippen molar-refractivity contribution in [1.29, 1.82) is 0 Å². The van der Waals surface area contributed by atoms with Gasteiger partial charge in [0.2, 0.25) is 10.0 Å². The van der Waals surface area contributed by atoms with Gasteiger partial charge >= 0.3 is 6.09 Å². The number of hydrogen-bond donors (Lipinski definition) is 2. The summed E-state index contributed by atoms with van der Waals surface area (Å²) in [5, 5.41) is 9.22. The Morgan fingerprint density at radius 2 is 1.62 bits per heavy atom. The molecule has 160 valence electrons. The molecule has 0 unspecified atom stereocenters. The summed E-state index contributed by atoms with van der Waals surface area (Å²) in [6, 6.07) is 11.2. The smallest absolute Gasteiger partial charge is 0.418 e. The first kappa shape index (κ1) is 24.4. The number of aryl methyl sites for hydroxylation is 1. The second-order valence-corrected chi connectivity index (χ2v) is 9.98. The minimum Gasteiger partial charge on any atom is -0.464 e. The van der Waals surface area contributed by atoms with Crippen LogP contribution < -0.4 is 10.3 Å². The molecule has 0 radical (unpaired) electrons. The maximum atomic E-state index is 12.3. The van der Waals surface area contributed by atoms with Crippen LogP contribution in [0.2, 0.25) is 0 Å². The van der Waals surface area contributed by atoms with Crippen molar-refractivity contribution >= 4 is 21.8 Å². The standard InChI is InChI=1S/C16H18N2O5S.C5H12/c1-2-6-13-9-10-14(15(19)18(13)16(20)21)17-24(22,23)11-12-7-4-3-5-8-12;1-5(2,3)4/h3-5,7-10,17H,2,6,11H2,1H3,(H,20,21);1-4H3. The van der Waals surface area contributed by atoms with Crippen molar-refractivity contribution in [1.82, 2.24) is 4.57 Å². The quantitative estimate of drug-likeness (QED) is 0.721. The van der Waals surface area contributed by atoms with Gasteiger partial charge in [-0.05, 0) is 29.5 Å². The molecule has 2 aromatic rings. The Kier molecular flexibility index (Phi) is 8.63. The van der Waals surface area contributed by atoms with E-state index in [0.29, 0.717) is 34.1 Å². The van der Waals surface area contributed by atoms with E-state index in [-0.39, 0.29) is 11.4 Å². The highest BCUT2D eigenvalue weighted by molar-refractivity contribution is 7.91. The molecular weight excluding hydrogens is 392 g/mol. The van der Waals surface area contributed by atoms with E-state index in [2.05, 4.69) is 32.4 Å². The molecule has 0 saturated carbocycles. The normalized spacial score (nSPS) is 11.3. The average molecular weight is 423 g/mol. The molecule has 0 spiro atoms. The minimum absolute atomic E-state index is 0.284. The molecule has 0 aliphatic heterocycles. The third-order valence-corrected chi connectivity index (χ3v) is 4.57. The summed E-state index contributed by atoms with van der Waals surface area (Å²) >= 11 is 0. The lowest BCUT2D eigenvalue weighted by atomic mass is 10.0. The summed E-state index contributed by atoms with van der Waals surface area (Å²) in [6.07, 6.45) is -0.378. The molecule has 29 heavy (non-hydrogen) atoms. The van der Waals surface area contributed by atoms with Gasteiger partial charge in [-0.1, -0.05) is 71.4 Å². The Hall–Kier alpha value is -2.61. The summed E-state index contributed by atoms with van der Waals surface area (Å²) in [5.41, 5.74) is 0.199. The lowest BCUT2D eigenvalue weighted by Crippen LogP contribution is -2.32. The summed E-state index contributed by atoms with van der Waals surface area (Å²) < 4.78 is 27.2. The number of carbonyl (C=O) groups is 1. The zero-order valence-corrected chi connectivity index (χ0v) is 18.4. The Morgan fingerprint density at radius 3 is 2.10 bits per heavy atom. The van der Waals surface area contributed by atoms with E-state index in [1.807, 2.05) is 6.92 Å². The second-order valence-electron chi connectivity index (χ2n) is 8.26. The number of nitrogens with one attached hydrogen (secondary N) is 1. The number of aromatic nitrogens is 1. The lowest BCUT2D eigenvalue weighted by Gasteiger charge is -2.12. The van der Waals surface area contributed by atoms with E-state index in [9.17, 15) is 23.1 Å². The highest BCUT2D eigenvalue weighted by Crippen LogP contribution is 2.12. The predicted molar refractivity (Wildman–Crippen MR) is 116 cm³/mol. The number of nitrogens with zero attached hydrogens (tertiary/aromatic N) is 1. The largest absolute Gasteiger partial charge is 0.464 e. The van der Waals surface area contributed by atoms with Gasteiger partial charge in [0.15, 0.2) is 0 Å². The maximum Gasteiger partial charge on any atom is 0.418 e. The fourth-order valence-electron chi connectivity index (χ4n) is 2.31. The highest BCUT2D eigenvalue weighted by atomic mass is 32.2. The first-order valence-electron chi connectivity index (χ1n) is 9.36. The SMILES string of the molecule is CC(C)(C)C.CCCc1ccc(NS(=O)(=O)Cc2ccccc2)c(=O)n1C(=O)O. The van der Waals surface area contributed by atoms with Crippen LogP contribution in [0.5, 0.6) is 0 Å². The maximum absolute atomic E-state index is 12.3. The van der Waals surface area contributed by atoms with Crippen molar-refractivity contribution < 1.29 is 18.3 Å². The van der Waals surface area contributed by atoms with Crippen LogP contribution in [0.3, 0.4) is 0 Å². The third-order valence-electron chi connectivity index (χ3n) is 3.33. The van der Waals surface area contributed by atoms with Crippen LogP contribution in [0, 0.1) is 5.41 Å². The number of benzene rings is 1. The van der Waals surface area contributed by atoms with E-state index in [4.69, 9.17) is 0 Å².